The topological polar surface area (TPSA) is 43.4 Å². The van der Waals surface area contributed by atoms with E-state index in [1.165, 1.54) is 0 Å². The molecular formula is C17H30N2O2. The zero-order chi connectivity index (χ0) is 15.7. The Morgan fingerprint density at radius 1 is 1.19 bits per heavy atom. The molecule has 120 valence electrons. The first kappa shape index (κ1) is 17.9. The normalized spacial score (nSPS) is 13.2. The van der Waals surface area contributed by atoms with Gasteiger partial charge in [-0.15, -0.1) is 0 Å². The van der Waals surface area contributed by atoms with Crippen LogP contribution in [0.3, 0.4) is 0 Å². The largest absolute Gasteiger partial charge is 0.490 e. The Balaban J connectivity index is 2.42. The number of aromatic nitrogens is 1. The van der Waals surface area contributed by atoms with Crippen LogP contribution in [-0.4, -0.2) is 30.3 Å². The Bertz CT molecular complexity index is 385. The second-order valence-electron chi connectivity index (χ2n) is 6.14. The van der Waals surface area contributed by atoms with Gasteiger partial charge in [-0.2, -0.15) is 0 Å². The van der Waals surface area contributed by atoms with Crippen molar-refractivity contribution in [2.24, 2.45) is 0 Å². The van der Waals surface area contributed by atoms with Gasteiger partial charge in [-0.25, -0.2) is 0 Å². The number of hydrogen-bond acceptors (Lipinski definition) is 4. The van der Waals surface area contributed by atoms with Crippen LogP contribution in [0, 0.1) is 0 Å². The fourth-order valence-electron chi connectivity index (χ4n) is 1.97. The molecule has 0 bridgehead atoms. The van der Waals surface area contributed by atoms with Crippen LogP contribution in [0.4, 0.5) is 0 Å². The summed E-state index contributed by atoms with van der Waals surface area (Å²) in [6.45, 7) is 12.6. The molecule has 0 saturated heterocycles. The van der Waals surface area contributed by atoms with Crippen LogP contribution in [0.1, 0.15) is 59.2 Å². The molecule has 1 rings (SSSR count). The molecule has 1 aromatic heterocycles. The van der Waals surface area contributed by atoms with Crippen LogP contribution >= 0.6 is 0 Å². The smallest absolute Gasteiger partial charge is 0.137 e. The highest BCUT2D eigenvalue weighted by atomic mass is 16.5. The van der Waals surface area contributed by atoms with Gasteiger partial charge in [-0.05, 0) is 52.3 Å². The first-order valence-corrected chi connectivity index (χ1v) is 7.92. The molecule has 1 unspecified atom stereocenters. The number of nitrogens with zero attached hydrogens (tertiary/aromatic N) is 1. The van der Waals surface area contributed by atoms with Crippen LogP contribution in [-0.2, 0) is 4.74 Å². The summed E-state index contributed by atoms with van der Waals surface area (Å²) in [7, 11) is 0. The predicted molar refractivity (Wildman–Crippen MR) is 86.8 cm³/mol. The Labute approximate surface area is 129 Å². The minimum Gasteiger partial charge on any atom is -0.490 e. The van der Waals surface area contributed by atoms with Crippen LogP contribution in [0.2, 0.25) is 0 Å². The van der Waals surface area contributed by atoms with Gasteiger partial charge in [0, 0.05) is 6.04 Å². The van der Waals surface area contributed by atoms with Crippen molar-refractivity contribution < 1.29 is 9.47 Å². The van der Waals surface area contributed by atoms with E-state index in [2.05, 4.69) is 24.1 Å². The molecule has 0 aliphatic heterocycles. The molecule has 0 fully saturated rings. The van der Waals surface area contributed by atoms with E-state index in [1.54, 1.807) is 6.20 Å². The summed E-state index contributed by atoms with van der Waals surface area (Å²) in [6.07, 6.45) is 3.96. The number of pyridine rings is 1. The minimum absolute atomic E-state index is 0.120. The highest BCUT2D eigenvalue weighted by molar-refractivity contribution is 5.21. The van der Waals surface area contributed by atoms with E-state index in [0.29, 0.717) is 19.3 Å². The van der Waals surface area contributed by atoms with Crippen molar-refractivity contribution in [1.29, 1.82) is 0 Å². The van der Waals surface area contributed by atoms with E-state index < -0.39 is 0 Å². The second kappa shape index (κ2) is 9.00. The first-order valence-electron chi connectivity index (χ1n) is 7.92. The molecule has 0 spiro atoms. The second-order valence-corrected chi connectivity index (χ2v) is 6.14. The molecule has 0 aliphatic carbocycles. The van der Waals surface area contributed by atoms with Crippen LogP contribution in [0.25, 0.3) is 0 Å². The molecule has 4 heteroatoms. The average Bonchev–Trinajstić information content (AvgIpc) is 2.45. The van der Waals surface area contributed by atoms with Gasteiger partial charge in [-0.1, -0.05) is 13.8 Å². The van der Waals surface area contributed by atoms with Gasteiger partial charge >= 0.3 is 0 Å². The number of rotatable bonds is 9. The molecule has 21 heavy (non-hydrogen) atoms. The molecule has 0 saturated carbocycles. The lowest BCUT2D eigenvalue weighted by Crippen LogP contribution is -2.23. The molecule has 0 aliphatic rings. The van der Waals surface area contributed by atoms with Crippen molar-refractivity contribution in [1.82, 2.24) is 10.3 Å². The van der Waals surface area contributed by atoms with Crippen LogP contribution < -0.4 is 10.1 Å². The third-order valence-electron chi connectivity index (χ3n) is 3.05. The van der Waals surface area contributed by atoms with Gasteiger partial charge in [0.05, 0.1) is 24.1 Å². The summed E-state index contributed by atoms with van der Waals surface area (Å²) < 4.78 is 11.3. The molecule has 4 nitrogen and oxygen atoms in total. The monoisotopic (exact) mass is 294 g/mol. The summed E-state index contributed by atoms with van der Waals surface area (Å²) in [5, 5.41) is 3.50. The number of nitrogens with one attached hydrogen (secondary N) is 1. The summed E-state index contributed by atoms with van der Waals surface area (Å²) in [4.78, 5) is 4.50. The maximum atomic E-state index is 5.64. The SMILES string of the molecule is CCCNC(CC)c1ccc(OCCOC(C)(C)C)cn1. The van der Waals surface area contributed by atoms with Crippen molar-refractivity contribution >= 4 is 0 Å². The van der Waals surface area contributed by atoms with E-state index >= 15 is 0 Å². The number of ether oxygens (including phenoxy) is 2. The van der Waals surface area contributed by atoms with Gasteiger partial charge in [0.2, 0.25) is 0 Å². The highest BCUT2D eigenvalue weighted by Gasteiger charge is 2.11. The Hall–Kier alpha value is -1.13. The minimum atomic E-state index is -0.120. The molecule has 1 heterocycles. The van der Waals surface area contributed by atoms with E-state index in [9.17, 15) is 0 Å². The van der Waals surface area contributed by atoms with Gasteiger partial charge in [-0.3, -0.25) is 4.98 Å². The fourth-order valence-corrected chi connectivity index (χ4v) is 1.97. The molecule has 1 atom stereocenters. The van der Waals surface area contributed by atoms with Crippen LogP contribution in [0.15, 0.2) is 18.3 Å². The molecular weight excluding hydrogens is 264 g/mol. The van der Waals surface area contributed by atoms with Crippen molar-refractivity contribution in [3.63, 3.8) is 0 Å². The zero-order valence-corrected chi connectivity index (χ0v) is 14.1. The first-order chi connectivity index (χ1) is 9.96. The molecule has 0 aromatic carbocycles. The third-order valence-corrected chi connectivity index (χ3v) is 3.05. The lowest BCUT2D eigenvalue weighted by Gasteiger charge is -2.19. The predicted octanol–water partition coefficient (Wildman–Crippen LogP) is 3.73. The summed E-state index contributed by atoms with van der Waals surface area (Å²) in [6, 6.07) is 4.34. The fraction of sp³-hybridized carbons (Fsp3) is 0.706. The molecule has 0 radical (unpaired) electrons. The standard InChI is InChI=1S/C17H30N2O2/c1-6-10-18-15(7-2)16-9-8-14(13-19-16)20-11-12-21-17(3,4)5/h8-9,13,15,18H,6-7,10-12H2,1-5H3. The molecule has 1 N–H and O–H groups in total. The average molecular weight is 294 g/mol. The lowest BCUT2D eigenvalue weighted by molar-refractivity contribution is -0.0163. The van der Waals surface area contributed by atoms with Crippen molar-refractivity contribution in [3.05, 3.63) is 24.0 Å². The highest BCUT2D eigenvalue weighted by Crippen LogP contribution is 2.17. The van der Waals surface area contributed by atoms with E-state index in [4.69, 9.17) is 9.47 Å². The van der Waals surface area contributed by atoms with E-state index in [1.807, 2.05) is 32.9 Å². The van der Waals surface area contributed by atoms with Gasteiger partial charge in [0.15, 0.2) is 0 Å². The molecule has 1 aromatic rings. The lowest BCUT2D eigenvalue weighted by atomic mass is 10.1. The van der Waals surface area contributed by atoms with E-state index in [0.717, 1.165) is 30.8 Å². The van der Waals surface area contributed by atoms with Crippen molar-refractivity contribution in [2.75, 3.05) is 19.8 Å². The van der Waals surface area contributed by atoms with Gasteiger partial charge < -0.3 is 14.8 Å². The van der Waals surface area contributed by atoms with E-state index in [-0.39, 0.29) is 5.60 Å². The maximum Gasteiger partial charge on any atom is 0.137 e. The van der Waals surface area contributed by atoms with Crippen molar-refractivity contribution in [2.45, 2.75) is 59.1 Å². The quantitative estimate of drug-likeness (QED) is 0.705. The van der Waals surface area contributed by atoms with Crippen molar-refractivity contribution in [3.8, 4) is 5.75 Å². The molecule has 0 amide bonds. The van der Waals surface area contributed by atoms with Gasteiger partial charge in [0.1, 0.15) is 12.4 Å². The zero-order valence-electron chi connectivity index (χ0n) is 14.1. The number of hydrogen-bond donors (Lipinski definition) is 1. The Kier molecular flexibility index (Phi) is 7.68. The summed E-state index contributed by atoms with van der Waals surface area (Å²) >= 11 is 0. The Morgan fingerprint density at radius 3 is 2.48 bits per heavy atom. The Morgan fingerprint density at radius 2 is 1.95 bits per heavy atom. The summed E-state index contributed by atoms with van der Waals surface area (Å²) in [5.41, 5.74) is 0.953. The van der Waals surface area contributed by atoms with Crippen LogP contribution in [0.5, 0.6) is 5.75 Å². The van der Waals surface area contributed by atoms with Gasteiger partial charge in [0.25, 0.3) is 0 Å². The maximum absolute atomic E-state index is 5.64. The third kappa shape index (κ3) is 7.44. The summed E-state index contributed by atoms with van der Waals surface area (Å²) in [5.74, 6) is 0.793.